The number of rotatable bonds is 5. The van der Waals surface area contributed by atoms with E-state index in [1.54, 1.807) is 12.3 Å². The zero-order chi connectivity index (χ0) is 22.8. The van der Waals surface area contributed by atoms with E-state index in [9.17, 15) is 4.79 Å². The standard InChI is InChI=1S/C25H30N6O2/c1-16-12-18(17-6-8-24(26)27-14-17)13-22(28-16)23-15-31(10-11-33-23)25(32)9-7-21-19-4-2-3-5-20(19)29-30-21/h6,8,12-14,23H,2-5,7,9-11,15H2,1H3,(H2,26,27)(H,29,30). The van der Waals surface area contributed by atoms with Crippen LogP contribution in [0.3, 0.4) is 0 Å². The Bertz CT molecular complexity index is 1140. The quantitative estimate of drug-likeness (QED) is 0.623. The lowest BCUT2D eigenvalue weighted by atomic mass is 9.94. The van der Waals surface area contributed by atoms with Gasteiger partial charge in [-0.05, 0) is 68.0 Å². The largest absolute Gasteiger partial charge is 0.384 e. The number of aromatic nitrogens is 4. The highest BCUT2D eigenvalue weighted by Gasteiger charge is 2.27. The molecule has 1 unspecified atom stereocenters. The number of nitrogens with one attached hydrogen (secondary N) is 1. The minimum atomic E-state index is -0.249. The maximum atomic E-state index is 13.0. The van der Waals surface area contributed by atoms with E-state index in [0.29, 0.717) is 38.4 Å². The molecular formula is C25H30N6O2. The molecule has 1 atom stereocenters. The fourth-order valence-electron chi connectivity index (χ4n) is 4.80. The van der Waals surface area contributed by atoms with Crippen LogP contribution in [0.1, 0.15) is 53.7 Å². The minimum absolute atomic E-state index is 0.145. The molecule has 1 amide bonds. The Morgan fingerprint density at radius 2 is 2.12 bits per heavy atom. The monoisotopic (exact) mass is 446 g/mol. The summed E-state index contributed by atoms with van der Waals surface area (Å²) in [5.41, 5.74) is 13.1. The van der Waals surface area contributed by atoms with Crippen LogP contribution in [0.5, 0.6) is 0 Å². The molecule has 0 aromatic carbocycles. The fraction of sp³-hybridized carbons (Fsp3) is 0.440. The number of nitrogens with two attached hydrogens (primary N) is 1. The van der Waals surface area contributed by atoms with E-state index < -0.39 is 0 Å². The lowest BCUT2D eigenvalue weighted by Gasteiger charge is -2.33. The number of hydrogen-bond donors (Lipinski definition) is 2. The molecule has 0 saturated carbocycles. The van der Waals surface area contributed by atoms with E-state index in [2.05, 4.69) is 15.2 Å². The van der Waals surface area contributed by atoms with E-state index in [1.807, 2.05) is 30.0 Å². The van der Waals surface area contributed by atoms with Crippen molar-refractivity contribution in [1.82, 2.24) is 25.1 Å². The summed E-state index contributed by atoms with van der Waals surface area (Å²) in [7, 11) is 0. The lowest BCUT2D eigenvalue weighted by Crippen LogP contribution is -2.42. The van der Waals surface area contributed by atoms with Gasteiger partial charge in [-0.15, -0.1) is 0 Å². The number of carbonyl (C=O) groups excluding carboxylic acids is 1. The van der Waals surface area contributed by atoms with Crippen molar-refractivity contribution in [2.24, 2.45) is 0 Å². The summed E-state index contributed by atoms with van der Waals surface area (Å²) in [6.45, 7) is 3.58. The van der Waals surface area contributed by atoms with E-state index in [1.165, 1.54) is 24.1 Å². The molecule has 0 radical (unpaired) electrons. The first-order valence-electron chi connectivity index (χ1n) is 11.7. The summed E-state index contributed by atoms with van der Waals surface area (Å²) < 4.78 is 6.02. The third-order valence-electron chi connectivity index (χ3n) is 6.56. The van der Waals surface area contributed by atoms with Gasteiger partial charge in [0.1, 0.15) is 11.9 Å². The van der Waals surface area contributed by atoms with Crippen molar-refractivity contribution in [2.45, 2.75) is 51.6 Å². The summed E-state index contributed by atoms with van der Waals surface area (Å²) in [6.07, 6.45) is 7.22. The van der Waals surface area contributed by atoms with Gasteiger partial charge in [-0.2, -0.15) is 5.10 Å². The van der Waals surface area contributed by atoms with Gasteiger partial charge in [0.15, 0.2) is 0 Å². The number of aromatic amines is 1. The van der Waals surface area contributed by atoms with Crippen molar-refractivity contribution in [2.75, 3.05) is 25.4 Å². The summed E-state index contributed by atoms with van der Waals surface area (Å²) in [5.74, 6) is 0.635. The van der Waals surface area contributed by atoms with Gasteiger partial charge in [0, 0.05) is 42.5 Å². The zero-order valence-electron chi connectivity index (χ0n) is 19.0. The number of hydrogen-bond acceptors (Lipinski definition) is 6. The van der Waals surface area contributed by atoms with Crippen molar-refractivity contribution >= 4 is 11.7 Å². The Labute approximate surface area is 193 Å². The maximum Gasteiger partial charge on any atom is 0.223 e. The van der Waals surface area contributed by atoms with Gasteiger partial charge < -0.3 is 15.4 Å². The number of fused-ring (bicyclic) bond motifs is 1. The molecule has 1 saturated heterocycles. The van der Waals surface area contributed by atoms with Crippen LogP contribution in [0.2, 0.25) is 0 Å². The molecule has 0 bridgehead atoms. The Kier molecular flexibility index (Phi) is 6.09. The molecular weight excluding hydrogens is 416 g/mol. The second kappa shape index (κ2) is 9.31. The highest BCUT2D eigenvalue weighted by atomic mass is 16.5. The van der Waals surface area contributed by atoms with E-state index in [4.69, 9.17) is 15.5 Å². The van der Waals surface area contributed by atoms with Gasteiger partial charge in [0.2, 0.25) is 5.91 Å². The number of nitrogens with zero attached hydrogens (tertiary/aromatic N) is 4. The van der Waals surface area contributed by atoms with Crippen LogP contribution >= 0.6 is 0 Å². The van der Waals surface area contributed by atoms with Gasteiger partial charge >= 0.3 is 0 Å². The third kappa shape index (κ3) is 4.75. The molecule has 2 aliphatic rings. The maximum absolute atomic E-state index is 13.0. The number of carbonyl (C=O) groups is 1. The molecule has 0 spiro atoms. The molecule has 1 aliphatic carbocycles. The summed E-state index contributed by atoms with van der Waals surface area (Å²) in [4.78, 5) is 23.8. The molecule has 8 nitrogen and oxygen atoms in total. The number of nitrogen functional groups attached to an aromatic ring is 1. The fourth-order valence-corrected chi connectivity index (χ4v) is 4.80. The number of H-pyrrole nitrogens is 1. The summed E-state index contributed by atoms with van der Waals surface area (Å²) in [5, 5.41) is 7.66. The number of anilines is 1. The highest BCUT2D eigenvalue weighted by Crippen LogP contribution is 2.28. The summed E-state index contributed by atoms with van der Waals surface area (Å²) >= 11 is 0. The molecule has 172 valence electrons. The molecule has 4 heterocycles. The van der Waals surface area contributed by atoms with Crippen LogP contribution < -0.4 is 5.73 Å². The average Bonchev–Trinajstić information content (AvgIpc) is 3.26. The van der Waals surface area contributed by atoms with Gasteiger partial charge in [0.25, 0.3) is 0 Å². The molecule has 1 fully saturated rings. The average molecular weight is 447 g/mol. The number of morpholine rings is 1. The third-order valence-corrected chi connectivity index (χ3v) is 6.56. The van der Waals surface area contributed by atoms with Crippen molar-refractivity contribution in [3.8, 4) is 11.1 Å². The van der Waals surface area contributed by atoms with Gasteiger partial charge in [-0.25, -0.2) is 4.98 Å². The van der Waals surface area contributed by atoms with E-state index >= 15 is 0 Å². The molecule has 3 aromatic heterocycles. The van der Waals surface area contributed by atoms with Crippen LogP contribution in [0.4, 0.5) is 5.82 Å². The first-order valence-corrected chi connectivity index (χ1v) is 11.7. The first-order chi connectivity index (χ1) is 16.1. The number of amides is 1. The van der Waals surface area contributed by atoms with Gasteiger partial charge in [0.05, 0.1) is 24.5 Å². The minimum Gasteiger partial charge on any atom is -0.384 e. The molecule has 1 aliphatic heterocycles. The first kappa shape index (κ1) is 21.6. The van der Waals surface area contributed by atoms with E-state index in [0.717, 1.165) is 41.1 Å². The smallest absolute Gasteiger partial charge is 0.223 e. The lowest BCUT2D eigenvalue weighted by molar-refractivity contribution is -0.139. The van der Waals surface area contributed by atoms with Crippen LogP contribution in [-0.4, -0.2) is 50.7 Å². The summed E-state index contributed by atoms with van der Waals surface area (Å²) in [6, 6.07) is 7.78. The van der Waals surface area contributed by atoms with Gasteiger partial charge in [-0.1, -0.05) is 0 Å². The Morgan fingerprint density at radius 3 is 2.97 bits per heavy atom. The number of pyridine rings is 2. The molecule has 3 N–H and O–H groups in total. The highest BCUT2D eigenvalue weighted by molar-refractivity contribution is 5.76. The van der Waals surface area contributed by atoms with Crippen molar-refractivity contribution in [1.29, 1.82) is 0 Å². The second-order valence-electron chi connectivity index (χ2n) is 8.93. The molecule has 33 heavy (non-hydrogen) atoms. The van der Waals surface area contributed by atoms with Crippen molar-refractivity contribution in [3.63, 3.8) is 0 Å². The van der Waals surface area contributed by atoms with Crippen LogP contribution in [0.15, 0.2) is 30.5 Å². The molecule has 8 heteroatoms. The second-order valence-corrected chi connectivity index (χ2v) is 8.93. The predicted octanol–water partition coefficient (Wildman–Crippen LogP) is 3.17. The Hall–Kier alpha value is -3.26. The predicted molar refractivity (Wildman–Crippen MR) is 125 cm³/mol. The molecule has 3 aromatic rings. The van der Waals surface area contributed by atoms with Crippen LogP contribution in [0.25, 0.3) is 11.1 Å². The van der Waals surface area contributed by atoms with E-state index in [-0.39, 0.29) is 12.0 Å². The van der Waals surface area contributed by atoms with Crippen molar-refractivity contribution < 1.29 is 9.53 Å². The SMILES string of the molecule is Cc1cc(-c2ccc(N)nc2)cc(C2CN(C(=O)CCc3n[nH]c4c3CCCC4)CCO2)n1. The normalized spacial score (nSPS) is 18.2. The van der Waals surface area contributed by atoms with Crippen molar-refractivity contribution in [3.05, 3.63) is 58.8 Å². The number of ether oxygens (including phenoxy) is 1. The zero-order valence-corrected chi connectivity index (χ0v) is 19.0. The topological polar surface area (TPSA) is 110 Å². The Morgan fingerprint density at radius 1 is 1.24 bits per heavy atom. The molecule has 5 rings (SSSR count). The van der Waals surface area contributed by atoms with Crippen LogP contribution in [0, 0.1) is 6.92 Å². The Balaban J connectivity index is 1.26. The van der Waals surface area contributed by atoms with Crippen LogP contribution in [-0.2, 0) is 28.8 Å². The number of aryl methyl sites for hydroxylation is 3. The van der Waals surface area contributed by atoms with Gasteiger partial charge in [-0.3, -0.25) is 14.9 Å².